The Morgan fingerprint density at radius 2 is 1.79 bits per heavy atom. The lowest BCUT2D eigenvalue weighted by molar-refractivity contribution is 0.00425. The van der Waals surface area contributed by atoms with Crippen molar-refractivity contribution in [2.45, 2.75) is 52.3 Å². The SMILES string of the molecule is COC(C)(C)CCN(Cc1ccc(N)cc1)C(C)C. The highest BCUT2D eigenvalue weighted by Crippen LogP contribution is 2.17. The smallest absolute Gasteiger partial charge is 0.0634 e. The van der Waals surface area contributed by atoms with Gasteiger partial charge in [-0.2, -0.15) is 0 Å². The number of benzene rings is 1. The Morgan fingerprint density at radius 3 is 2.26 bits per heavy atom. The van der Waals surface area contributed by atoms with Crippen LogP contribution in [-0.4, -0.2) is 30.2 Å². The van der Waals surface area contributed by atoms with Crippen molar-refractivity contribution in [1.29, 1.82) is 0 Å². The molecule has 0 aliphatic carbocycles. The second-order valence-corrected chi connectivity index (χ2v) is 6.02. The molecule has 1 aromatic rings. The maximum atomic E-state index is 5.72. The van der Waals surface area contributed by atoms with E-state index in [1.165, 1.54) is 5.56 Å². The van der Waals surface area contributed by atoms with Gasteiger partial charge in [0.05, 0.1) is 5.60 Å². The first kappa shape index (κ1) is 16.0. The summed E-state index contributed by atoms with van der Waals surface area (Å²) in [5, 5.41) is 0. The Morgan fingerprint density at radius 1 is 1.21 bits per heavy atom. The summed E-state index contributed by atoms with van der Waals surface area (Å²) in [4.78, 5) is 2.46. The Hall–Kier alpha value is -1.06. The summed E-state index contributed by atoms with van der Waals surface area (Å²) in [5.41, 5.74) is 7.78. The topological polar surface area (TPSA) is 38.5 Å². The van der Waals surface area contributed by atoms with Crippen LogP contribution in [0, 0.1) is 0 Å². The molecule has 0 atom stereocenters. The van der Waals surface area contributed by atoms with Gasteiger partial charge in [0.25, 0.3) is 0 Å². The van der Waals surface area contributed by atoms with Crippen LogP contribution < -0.4 is 5.73 Å². The standard InChI is InChI=1S/C16H28N2O/c1-13(2)18(11-10-16(3,4)19-5)12-14-6-8-15(17)9-7-14/h6-9,13H,10-12,17H2,1-5H3. The van der Waals surface area contributed by atoms with E-state index in [1.807, 2.05) is 12.1 Å². The molecule has 3 heteroatoms. The van der Waals surface area contributed by atoms with E-state index in [0.29, 0.717) is 6.04 Å². The summed E-state index contributed by atoms with van der Waals surface area (Å²) in [5.74, 6) is 0. The van der Waals surface area contributed by atoms with E-state index in [1.54, 1.807) is 7.11 Å². The second kappa shape index (κ2) is 6.92. The third kappa shape index (κ3) is 5.62. The Kier molecular flexibility index (Phi) is 5.83. The molecule has 0 heterocycles. The summed E-state index contributed by atoms with van der Waals surface area (Å²) in [6, 6.07) is 8.66. The van der Waals surface area contributed by atoms with E-state index in [4.69, 9.17) is 10.5 Å². The van der Waals surface area contributed by atoms with Crippen molar-refractivity contribution < 1.29 is 4.74 Å². The van der Waals surface area contributed by atoms with Crippen LogP contribution in [0.5, 0.6) is 0 Å². The van der Waals surface area contributed by atoms with Gasteiger partial charge < -0.3 is 10.5 Å². The highest BCUT2D eigenvalue weighted by molar-refractivity contribution is 5.39. The molecule has 108 valence electrons. The van der Waals surface area contributed by atoms with Gasteiger partial charge in [-0.25, -0.2) is 0 Å². The molecule has 0 fully saturated rings. The third-order valence-corrected chi connectivity index (χ3v) is 3.65. The van der Waals surface area contributed by atoms with E-state index >= 15 is 0 Å². The quantitative estimate of drug-likeness (QED) is 0.768. The van der Waals surface area contributed by atoms with Crippen LogP contribution >= 0.6 is 0 Å². The zero-order valence-corrected chi connectivity index (χ0v) is 12.9. The van der Waals surface area contributed by atoms with Crippen molar-refractivity contribution in [2.75, 3.05) is 19.4 Å². The molecular weight excluding hydrogens is 236 g/mol. The molecule has 3 nitrogen and oxygen atoms in total. The summed E-state index contributed by atoms with van der Waals surface area (Å²) in [6.45, 7) is 10.7. The zero-order chi connectivity index (χ0) is 14.5. The molecule has 0 spiro atoms. The van der Waals surface area contributed by atoms with Gasteiger partial charge in [0.2, 0.25) is 0 Å². The average molecular weight is 264 g/mol. The number of nitrogens with two attached hydrogens (primary N) is 1. The van der Waals surface area contributed by atoms with Crippen LogP contribution in [0.25, 0.3) is 0 Å². The Labute approximate surface area is 117 Å². The van der Waals surface area contributed by atoms with Gasteiger partial charge in [0, 0.05) is 31.9 Å². The number of hydrogen-bond acceptors (Lipinski definition) is 3. The van der Waals surface area contributed by atoms with E-state index in [2.05, 4.69) is 44.7 Å². The van der Waals surface area contributed by atoms with Crippen molar-refractivity contribution in [3.8, 4) is 0 Å². The van der Waals surface area contributed by atoms with Crippen LogP contribution in [0.4, 0.5) is 5.69 Å². The second-order valence-electron chi connectivity index (χ2n) is 6.02. The van der Waals surface area contributed by atoms with Crippen molar-refractivity contribution in [2.24, 2.45) is 0 Å². The number of hydrogen-bond donors (Lipinski definition) is 1. The highest BCUT2D eigenvalue weighted by atomic mass is 16.5. The number of methoxy groups -OCH3 is 1. The molecule has 0 unspecified atom stereocenters. The van der Waals surface area contributed by atoms with Gasteiger partial charge in [-0.05, 0) is 51.8 Å². The number of nitrogens with zero attached hydrogens (tertiary/aromatic N) is 1. The molecule has 0 aliphatic heterocycles. The molecule has 0 bridgehead atoms. The maximum Gasteiger partial charge on any atom is 0.0634 e. The van der Waals surface area contributed by atoms with Crippen LogP contribution in [0.1, 0.15) is 39.7 Å². The van der Waals surface area contributed by atoms with Crippen molar-refractivity contribution in [3.63, 3.8) is 0 Å². The molecule has 0 aromatic heterocycles. The minimum Gasteiger partial charge on any atom is -0.399 e. The minimum atomic E-state index is -0.0613. The number of ether oxygens (including phenoxy) is 1. The number of rotatable bonds is 7. The van der Waals surface area contributed by atoms with Crippen LogP contribution in [-0.2, 0) is 11.3 Å². The molecule has 1 aromatic carbocycles. The van der Waals surface area contributed by atoms with Gasteiger partial charge >= 0.3 is 0 Å². The molecule has 1 rings (SSSR count). The first-order valence-electron chi connectivity index (χ1n) is 6.97. The first-order chi connectivity index (χ1) is 8.84. The predicted octanol–water partition coefficient (Wildman–Crippen LogP) is 3.29. The number of anilines is 1. The van der Waals surface area contributed by atoms with E-state index < -0.39 is 0 Å². The van der Waals surface area contributed by atoms with E-state index in [-0.39, 0.29) is 5.60 Å². The van der Waals surface area contributed by atoms with Gasteiger partial charge in [0.1, 0.15) is 0 Å². The summed E-state index contributed by atoms with van der Waals surface area (Å²) < 4.78 is 5.49. The predicted molar refractivity (Wildman–Crippen MR) is 82.1 cm³/mol. The fraction of sp³-hybridized carbons (Fsp3) is 0.625. The molecule has 0 saturated heterocycles. The molecular formula is C16H28N2O. The van der Waals surface area contributed by atoms with Crippen molar-refractivity contribution >= 4 is 5.69 Å². The van der Waals surface area contributed by atoms with Crippen molar-refractivity contribution in [3.05, 3.63) is 29.8 Å². The van der Waals surface area contributed by atoms with Gasteiger partial charge in [0.15, 0.2) is 0 Å². The van der Waals surface area contributed by atoms with Crippen LogP contribution in [0.15, 0.2) is 24.3 Å². The highest BCUT2D eigenvalue weighted by Gasteiger charge is 2.19. The molecule has 0 radical (unpaired) electrons. The minimum absolute atomic E-state index is 0.0613. The molecule has 0 saturated carbocycles. The van der Waals surface area contributed by atoms with E-state index in [0.717, 1.165) is 25.2 Å². The fourth-order valence-corrected chi connectivity index (χ4v) is 1.89. The normalized spacial score (nSPS) is 12.4. The monoisotopic (exact) mass is 264 g/mol. The van der Waals surface area contributed by atoms with Crippen LogP contribution in [0.3, 0.4) is 0 Å². The Bertz CT molecular complexity index is 371. The Balaban J connectivity index is 2.60. The van der Waals surface area contributed by atoms with Gasteiger partial charge in [-0.1, -0.05) is 12.1 Å². The van der Waals surface area contributed by atoms with E-state index in [9.17, 15) is 0 Å². The largest absolute Gasteiger partial charge is 0.399 e. The molecule has 0 amide bonds. The summed E-state index contributed by atoms with van der Waals surface area (Å²) in [7, 11) is 1.78. The lowest BCUT2D eigenvalue weighted by atomic mass is 10.0. The fourth-order valence-electron chi connectivity index (χ4n) is 1.89. The number of nitrogen functional groups attached to an aromatic ring is 1. The molecule has 2 N–H and O–H groups in total. The maximum absolute atomic E-state index is 5.72. The summed E-state index contributed by atoms with van der Waals surface area (Å²) >= 11 is 0. The average Bonchev–Trinajstić information content (AvgIpc) is 2.36. The summed E-state index contributed by atoms with van der Waals surface area (Å²) in [6.07, 6.45) is 1.02. The lowest BCUT2D eigenvalue weighted by Gasteiger charge is -2.31. The van der Waals surface area contributed by atoms with Crippen LogP contribution in [0.2, 0.25) is 0 Å². The molecule has 0 aliphatic rings. The first-order valence-corrected chi connectivity index (χ1v) is 6.97. The van der Waals surface area contributed by atoms with Crippen molar-refractivity contribution in [1.82, 2.24) is 4.90 Å². The molecule has 19 heavy (non-hydrogen) atoms. The zero-order valence-electron chi connectivity index (χ0n) is 12.9. The van der Waals surface area contributed by atoms with Gasteiger partial charge in [-0.15, -0.1) is 0 Å². The third-order valence-electron chi connectivity index (χ3n) is 3.65. The lowest BCUT2D eigenvalue weighted by Crippen LogP contribution is -2.36. The van der Waals surface area contributed by atoms with Gasteiger partial charge in [-0.3, -0.25) is 4.90 Å².